The van der Waals surface area contributed by atoms with Crippen molar-refractivity contribution in [3.05, 3.63) is 53.7 Å². The summed E-state index contributed by atoms with van der Waals surface area (Å²) in [5, 5.41) is 4.48. The summed E-state index contributed by atoms with van der Waals surface area (Å²) in [7, 11) is 1.48. The van der Waals surface area contributed by atoms with Crippen molar-refractivity contribution in [3.63, 3.8) is 0 Å². The van der Waals surface area contributed by atoms with Crippen molar-refractivity contribution in [2.45, 2.75) is 51.1 Å². The van der Waals surface area contributed by atoms with E-state index < -0.39 is 18.5 Å². The maximum Gasteiger partial charge on any atom is 0.434 e. The lowest BCUT2D eigenvalue weighted by atomic mass is 10.1. The van der Waals surface area contributed by atoms with Gasteiger partial charge in [-0.25, -0.2) is 19.6 Å². The van der Waals surface area contributed by atoms with Crippen molar-refractivity contribution in [2.75, 3.05) is 4.90 Å². The summed E-state index contributed by atoms with van der Waals surface area (Å²) in [4.78, 5) is 30.7. The molecule has 1 aliphatic carbocycles. The zero-order chi connectivity index (χ0) is 28.2. The Morgan fingerprint density at radius 2 is 1.85 bits per heavy atom. The van der Waals surface area contributed by atoms with E-state index in [0.29, 0.717) is 16.8 Å². The quantitative estimate of drug-likeness (QED) is 0.305. The van der Waals surface area contributed by atoms with Crippen molar-refractivity contribution >= 4 is 11.9 Å². The van der Waals surface area contributed by atoms with Crippen LogP contribution in [0.3, 0.4) is 0 Å². The molecule has 0 atom stereocenters. The molecule has 1 fully saturated rings. The van der Waals surface area contributed by atoms with Crippen molar-refractivity contribution in [1.82, 2.24) is 34.3 Å². The highest BCUT2D eigenvalue weighted by Crippen LogP contribution is 2.45. The largest absolute Gasteiger partial charge is 0.434 e. The third kappa shape index (κ3) is 4.86. The van der Waals surface area contributed by atoms with E-state index in [9.17, 15) is 26.7 Å². The SMILES string of the molecule is Cn1cc(C(F)(F)F)nc1-c1ccc(CN2C(=O)CCn3nc(-c4c(OC(F)F)ncnc4C4CC4)nc32)cc1. The Morgan fingerprint density at radius 3 is 2.50 bits per heavy atom. The number of hydrogen-bond donors (Lipinski definition) is 0. The summed E-state index contributed by atoms with van der Waals surface area (Å²) in [5.74, 6) is -0.0331. The smallest absolute Gasteiger partial charge is 0.416 e. The zero-order valence-corrected chi connectivity index (χ0v) is 20.9. The molecule has 10 nitrogen and oxygen atoms in total. The van der Waals surface area contributed by atoms with E-state index in [-0.39, 0.29) is 60.4 Å². The monoisotopic (exact) mass is 560 g/mol. The van der Waals surface area contributed by atoms with Crippen molar-refractivity contribution in [3.8, 4) is 28.7 Å². The molecular formula is C25H21F5N8O2. The number of anilines is 1. The Labute approximate surface area is 223 Å². The summed E-state index contributed by atoms with van der Waals surface area (Å²) >= 11 is 0. The van der Waals surface area contributed by atoms with E-state index in [4.69, 9.17) is 0 Å². The number of imidazole rings is 1. The molecule has 4 aromatic rings. The van der Waals surface area contributed by atoms with Gasteiger partial charge in [0.2, 0.25) is 17.7 Å². The van der Waals surface area contributed by atoms with Gasteiger partial charge >= 0.3 is 12.8 Å². The second-order valence-corrected chi connectivity index (χ2v) is 9.54. The molecule has 6 rings (SSSR count). The van der Waals surface area contributed by atoms with Crippen LogP contribution >= 0.6 is 0 Å². The molecule has 208 valence electrons. The van der Waals surface area contributed by atoms with Crippen LogP contribution in [0, 0.1) is 0 Å². The molecule has 1 aromatic carbocycles. The molecule has 0 saturated heterocycles. The molecule has 1 aliphatic heterocycles. The van der Waals surface area contributed by atoms with E-state index in [1.54, 1.807) is 24.3 Å². The molecule has 0 spiro atoms. The number of rotatable bonds is 7. The summed E-state index contributed by atoms with van der Waals surface area (Å²) in [6.45, 7) is -2.76. The van der Waals surface area contributed by atoms with Crippen LogP contribution in [0.2, 0.25) is 0 Å². The predicted molar refractivity (Wildman–Crippen MR) is 129 cm³/mol. The third-order valence-electron chi connectivity index (χ3n) is 6.68. The average molecular weight is 560 g/mol. The Kier molecular flexibility index (Phi) is 6.22. The van der Waals surface area contributed by atoms with Crippen molar-refractivity contribution in [1.29, 1.82) is 0 Å². The molecular weight excluding hydrogens is 539 g/mol. The summed E-state index contributed by atoms with van der Waals surface area (Å²) in [6.07, 6.45) is -0.660. The average Bonchev–Trinajstić information content (AvgIpc) is 3.54. The molecule has 4 heterocycles. The highest BCUT2D eigenvalue weighted by molar-refractivity contribution is 5.93. The fourth-order valence-corrected chi connectivity index (χ4v) is 4.64. The number of halogens is 5. The highest BCUT2D eigenvalue weighted by Gasteiger charge is 2.36. The van der Waals surface area contributed by atoms with Crippen LogP contribution in [-0.2, 0) is 31.1 Å². The first kappa shape index (κ1) is 25.8. The minimum Gasteiger partial charge on any atom is -0.416 e. The van der Waals surface area contributed by atoms with E-state index in [1.807, 2.05) is 0 Å². The molecule has 0 unspecified atom stereocenters. The Hall–Kier alpha value is -4.43. The number of amides is 1. The van der Waals surface area contributed by atoms with Gasteiger partial charge in [0.25, 0.3) is 0 Å². The fraction of sp³-hybridized carbons (Fsp3) is 0.360. The second-order valence-electron chi connectivity index (χ2n) is 9.54. The molecule has 1 saturated carbocycles. The van der Waals surface area contributed by atoms with Gasteiger partial charge in [0, 0.05) is 31.1 Å². The number of hydrogen-bond acceptors (Lipinski definition) is 7. The van der Waals surface area contributed by atoms with Crippen molar-refractivity contribution < 1.29 is 31.5 Å². The Bertz CT molecular complexity index is 1580. The van der Waals surface area contributed by atoms with E-state index in [0.717, 1.165) is 19.0 Å². The van der Waals surface area contributed by atoms with E-state index >= 15 is 0 Å². The molecule has 1 amide bonds. The van der Waals surface area contributed by atoms with E-state index in [2.05, 4.69) is 29.8 Å². The Morgan fingerprint density at radius 1 is 1.10 bits per heavy atom. The van der Waals surface area contributed by atoms with Crippen LogP contribution in [0.1, 0.15) is 42.1 Å². The van der Waals surface area contributed by atoms with Gasteiger partial charge in [0.1, 0.15) is 17.7 Å². The Balaban J connectivity index is 1.30. The number of fused-ring (bicyclic) bond motifs is 1. The molecule has 2 aliphatic rings. The molecule has 3 aromatic heterocycles. The zero-order valence-electron chi connectivity index (χ0n) is 20.9. The predicted octanol–water partition coefficient (Wildman–Crippen LogP) is 4.57. The third-order valence-corrected chi connectivity index (χ3v) is 6.68. The lowest BCUT2D eigenvalue weighted by Crippen LogP contribution is -2.37. The van der Waals surface area contributed by atoms with Crippen molar-refractivity contribution in [2.24, 2.45) is 7.05 Å². The minimum absolute atomic E-state index is 0.0562. The molecule has 0 bridgehead atoms. The van der Waals surface area contributed by atoms with Gasteiger partial charge in [0.05, 0.1) is 18.8 Å². The summed E-state index contributed by atoms with van der Waals surface area (Å²) in [5.41, 5.74) is 0.866. The van der Waals surface area contributed by atoms with Gasteiger partial charge in [-0.3, -0.25) is 9.69 Å². The van der Waals surface area contributed by atoms with Gasteiger partial charge < -0.3 is 9.30 Å². The number of carbonyl (C=O) groups excluding carboxylic acids is 1. The first-order valence-corrected chi connectivity index (χ1v) is 12.3. The second kappa shape index (κ2) is 9.64. The topological polar surface area (TPSA) is 104 Å². The number of nitrogens with zero attached hydrogens (tertiary/aromatic N) is 8. The maximum absolute atomic E-state index is 13.1. The van der Waals surface area contributed by atoms with Gasteiger partial charge in [0.15, 0.2) is 11.5 Å². The van der Waals surface area contributed by atoms with Crippen LogP contribution in [0.5, 0.6) is 5.88 Å². The number of ether oxygens (including phenoxy) is 1. The normalized spacial score (nSPS) is 15.6. The van der Waals surface area contributed by atoms with E-state index in [1.165, 1.54) is 27.5 Å². The minimum atomic E-state index is -4.56. The van der Waals surface area contributed by atoms with Gasteiger partial charge in [-0.15, -0.1) is 5.10 Å². The van der Waals surface area contributed by atoms with Gasteiger partial charge in [-0.2, -0.15) is 26.9 Å². The molecule has 0 N–H and O–H groups in total. The number of aromatic nitrogens is 7. The molecule has 40 heavy (non-hydrogen) atoms. The number of benzene rings is 1. The highest BCUT2D eigenvalue weighted by atomic mass is 19.4. The van der Waals surface area contributed by atoms with Crippen LogP contribution in [-0.4, -0.2) is 46.8 Å². The van der Waals surface area contributed by atoms with Gasteiger partial charge in [-0.05, 0) is 18.4 Å². The van der Waals surface area contributed by atoms with Crippen LogP contribution < -0.4 is 9.64 Å². The molecule has 0 radical (unpaired) electrons. The lowest BCUT2D eigenvalue weighted by Gasteiger charge is -2.26. The maximum atomic E-state index is 13.1. The van der Waals surface area contributed by atoms with Gasteiger partial charge in [-0.1, -0.05) is 24.3 Å². The molecule has 15 heteroatoms. The summed E-state index contributed by atoms with van der Waals surface area (Å²) in [6, 6.07) is 6.62. The summed E-state index contributed by atoms with van der Waals surface area (Å²) < 4.78 is 72.9. The first-order valence-electron chi connectivity index (χ1n) is 12.3. The lowest BCUT2D eigenvalue weighted by molar-refractivity contribution is -0.140. The number of aryl methyl sites for hydroxylation is 2. The standard InChI is InChI=1S/C25H21F5N8O2/c1-36-11-16(25(28,29)30)33-21(36)15-4-2-13(3-5-15)10-37-17(39)8-9-38-24(37)34-20(35-38)18-19(14-6-7-14)31-12-32-22(18)40-23(26)27/h2-5,11-12,14,23H,6-10H2,1H3. The number of alkyl halides is 5. The van der Waals surface area contributed by atoms with Crippen LogP contribution in [0.4, 0.5) is 27.9 Å². The number of carbonyl (C=O) groups is 1. The fourth-order valence-electron chi connectivity index (χ4n) is 4.64. The van der Waals surface area contributed by atoms with Crippen LogP contribution in [0.25, 0.3) is 22.8 Å². The van der Waals surface area contributed by atoms with Crippen LogP contribution in [0.15, 0.2) is 36.8 Å². The first-order chi connectivity index (χ1) is 19.1.